The molecular formula is C14H22N2O4S. The van der Waals surface area contributed by atoms with Crippen LogP contribution in [0.2, 0.25) is 0 Å². The van der Waals surface area contributed by atoms with Crippen molar-refractivity contribution in [1.29, 1.82) is 0 Å². The number of hydrogen-bond acceptors (Lipinski definition) is 4. The molecule has 0 unspecified atom stereocenters. The van der Waals surface area contributed by atoms with Crippen molar-refractivity contribution < 1.29 is 17.9 Å². The van der Waals surface area contributed by atoms with Gasteiger partial charge >= 0.3 is 0 Å². The lowest BCUT2D eigenvalue weighted by Gasteiger charge is -2.25. The first-order valence-electron chi connectivity index (χ1n) is 6.96. The maximum Gasteiger partial charge on any atom is 0.279 e. The zero-order valence-electron chi connectivity index (χ0n) is 12.8. The van der Waals surface area contributed by atoms with Crippen LogP contribution in [0.4, 0.5) is 0 Å². The lowest BCUT2D eigenvalue weighted by molar-refractivity contribution is 0.171. The van der Waals surface area contributed by atoms with E-state index in [9.17, 15) is 8.42 Å². The molecule has 1 N–H and O–H groups in total. The predicted molar refractivity (Wildman–Crippen MR) is 80.8 cm³/mol. The number of nitrogens with one attached hydrogen (secondary N) is 1. The van der Waals surface area contributed by atoms with Gasteiger partial charge in [0.1, 0.15) is 13.2 Å². The van der Waals surface area contributed by atoms with E-state index in [-0.39, 0.29) is 12.1 Å². The van der Waals surface area contributed by atoms with Crippen LogP contribution < -0.4 is 14.2 Å². The van der Waals surface area contributed by atoms with E-state index in [4.69, 9.17) is 9.47 Å². The highest BCUT2D eigenvalue weighted by Gasteiger charge is 2.24. The van der Waals surface area contributed by atoms with Gasteiger partial charge in [-0.3, -0.25) is 0 Å². The average molecular weight is 314 g/mol. The third-order valence-corrected chi connectivity index (χ3v) is 5.33. The molecule has 0 aliphatic carbocycles. The van der Waals surface area contributed by atoms with Crippen molar-refractivity contribution in [2.45, 2.75) is 32.9 Å². The molecule has 1 aromatic carbocycles. The molecule has 1 heterocycles. The molecule has 1 aliphatic heterocycles. The van der Waals surface area contributed by atoms with Gasteiger partial charge in [0.05, 0.1) is 0 Å². The number of ether oxygens (including phenoxy) is 2. The molecule has 21 heavy (non-hydrogen) atoms. The molecule has 0 bridgehead atoms. The van der Waals surface area contributed by atoms with Gasteiger partial charge < -0.3 is 9.47 Å². The van der Waals surface area contributed by atoms with Crippen LogP contribution in [0.25, 0.3) is 0 Å². The summed E-state index contributed by atoms with van der Waals surface area (Å²) in [5, 5.41) is 0. The summed E-state index contributed by atoms with van der Waals surface area (Å²) in [6.45, 7) is 6.50. The van der Waals surface area contributed by atoms with Crippen LogP contribution in [0.15, 0.2) is 18.2 Å². The van der Waals surface area contributed by atoms with Crippen LogP contribution in [-0.2, 0) is 10.2 Å². The molecule has 0 aromatic heterocycles. The minimum Gasteiger partial charge on any atom is -0.486 e. The van der Waals surface area contributed by atoms with Crippen molar-refractivity contribution in [2.24, 2.45) is 0 Å². The standard InChI is InChI=1S/C14H22N2O4S/c1-10(2)16(4)21(17,18)15-11(3)12-5-6-13-14(9-12)20-8-7-19-13/h5-6,9-11,15H,7-8H2,1-4H3/t11-/m1/s1. The Bertz CT molecular complexity index is 601. The molecule has 2 rings (SSSR count). The van der Waals surface area contributed by atoms with Gasteiger partial charge in [-0.1, -0.05) is 6.07 Å². The van der Waals surface area contributed by atoms with E-state index in [1.165, 1.54) is 4.31 Å². The van der Waals surface area contributed by atoms with Gasteiger partial charge in [0.2, 0.25) is 0 Å². The van der Waals surface area contributed by atoms with Gasteiger partial charge in [0.15, 0.2) is 11.5 Å². The molecule has 0 saturated carbocycles. The normalized spacial score (nSPS) is 16.3. The van der Waals surface area contributed by atoms with Crippen molar-refractivity contribution >= 4 is 10.2 Å². The van der Waals surface area contributed by atoms with Crippen molar-refractivity contribution in [3.8, 4) is 11.5 Å². The molecule has 1 aliphatic rings. The Labute approximate surface area is 126 Å². The molecule has 0 spiro atoms. The summed E-state index contributed by atoms with van der Waals surface area (Å²) in [7, 11) is -1.96. The van der Waals surface area contributed by atoms with Crippen LogP contribution in [0, 0.1) is 0 Å². The number of rotatable bonds is 5. The number of nitrogens with zero attached hydrogens (tertiary/aromatic N) is 1. The Hall–Kier alpha value is -1.31. The van der Waals surface area contributed by atoms with E-state index in [2.05, 4.69) is 4.72 Å². The Kier molecular flexibility index (Phi) is 4.75. The summed E-state index contributed by atoms with van der Waals surface area (Å²) in [6.07, 6.45) is 0. The summed E-state index contributed by atoms with van der Waals surface area (Å²) in [6, 6.07) is 5.01. The third kappa shape index (κ3) is 3.66. The number of hydrogen-bond donors (Lipinski definition) is 1. The van der Waals surface area contributed by atoms with Crippen LogP contribution in [0.5, 0.6) is 11.5 Å². The average Bonchev–Trinajstić information content (AvgIpc) is 2.45. The molecule has 6 nitrogen and oxygen atoms in total. The lowest BCUT2D eigenvalue weighted by Crippen LogP contribution is -2.42. The fraction of sp³-hybridized carbons (Fsp3) is 0.571. The van der Waals surface area contributed by atoms with Crippen molar-refractivity contribution in [1.82, 2.24) is 9.03 Å². The van der Waals surface area contributed by atoms with Crippen LogP contribution in [-0.4, -0.2) is 39.0 Å². The lowest BCUT2D eigenvalue weighted by atomic mass is 10.1. The van der Waals surface area contributed by atoms with Crippen LogP contribution >= 0.6 is 0 Å². The first-order valence-corrected chi connectivity index (χ1v) is 8.40. The molecule has 0 radical (unpaired) electrons. The molecule has 1 aromatic rings. The molecule has 0 fully saturated rings. The molecular weight excluding hydrogens is 292 g/mol. The summed E-state index contributed by atoms with van der Waals surface area (Å²) < 4.78 is 39.4. The van der Waals surface area contributed by atoms with Crippen molar-refractivity contribution in [2.75, 3.05) is 20.3 Å². The fourth-order valence-corrected chi connectivity index (χ4v) is 3.29. The second-order valence-corrected chi connectivity index (χ2v) is 7.12. The molecule has 7 heteroatoms. The van der Waals surface area contributed by atoms with E-state index >= 15 is 0 Å². The highest BCUT2D eigenvalue weighted by molar-refractivity contribution is 7.87. The third-order valence-electron chi connectivity index (χ3n) is 3.50. The maximum atomic E-state index is 12.2. The Balaban J connectivity index is 2.15. The second-order valence-electron chi connectivity index (χ2n) is 5.36. The summed E-state index contributed by atoms with van der Waals surface area (Å²) in [4.78, 5) is 0. The van der Waals surface area contributed by atoms with E-state index < -0.39 is 10.2 Å². The van der Waals surface area contributed by atoms with E-state index in [0.717, 1.165) is 5.56 Å². The zero-order valence-corrected chi connectivity index (χ0v) is 13.6. The van der Waals surface area contributed by atoms with Gasteiger partial charge in [0, 0.05) is 19.1 Å². The monoisotopic (exact) mass is 314 g/mol. The number of benzene rings is 1. The Morgan fingerprint density at radius 1 is 1.14 bits per heavy atom. The van der Waals surface area contributed by atoms with Crippen molar-refractivity contribution in [3.05, 3.63) is 23.8 Å². The topological polar surface area (TPSA) is 67.9 Å². The van der Waals surface area contributed by atoms with Gasteiger partial charge in [-0.2, -0.15) is 17.4 Å². The maximum absolute atomic E-state index is 12.2. The minimum absolute atomic E-state index is 0.102. The molecule has 1 atom stereocenters. The highest BCUT2D eigenvalue weighted by atomic mass is 32.2. The van der Waals surface area contributed by atoms with Crippen molar-refractivity contribution in [3.63, 3.8) is 0 Å². The summed E-state index contributed by atoms with van der Waals surface area (Å²) >= 11 is 0. The van der Waals surface area contributed by atoms with Crippen LogP contribution in [0.3, 0.4) is 0 Å². The quantitative estimate of drug-likeness (QED) is 0.898. The molecule has 0 saturated heterocycles. The SMILES string of the molecule is CC(C)N(C)S(=O)(=O)N[C@H](C)c1ccc2c(c1)OCCO2. The Morgan fingerprint density at radius 2 is 1.76 bits per heavy atom. The van der Waals surface area contributed by atoms with Gasteiger partial charge in [-0.05, 0) is 38.5 Å². The zero-order chi connectivity index (χ0) is 15.6. The molecule has 118 valence electrons. The van der Waals surface area contributed by atoms with E-state index in [1.807, 2.05) is 26.0 Å². The van der Waals surface area contributed by atoms with Gasteiger partial charge in [-0.25, -0.2) is 0 Å². The van der Waals surface area contributed by atoms with Gasteiger partial charge in [-0.15, -0.1) is 0 Å². The Morgan fingerprint density at radius 3 is 2.38 bits per heavy atom. The fourth-order valence-electron chi connectivity index (χ4n) is 1.98. The van der Waals surface area contributed by atoms with E-state index in [0.29, 0.717) is 24.7 Å². The summed E-state index contributed by atoms with van der Waals surface area (Å²) in [5.41, 5.74) is 0.833. The first kappa shape index (κ1) is 16.1. The largest absolute Gasteiger partial charge is 0.486 e. The predicted octanol–water partition coefficient (Wildman–Crippen LogP) is 1.69. The highest BCUT2D eigenvalue weighted by Crippen LogP contribution is 2.32. The van der Waals surface area contributed by atoms with E-state index in [1.54, 1.807) is 20.0 Å². The number of fused-ring (bicyclic) bond motifs is 1. The summed E-state index contributed by atoms with van der Waals surface area (Å²) in [5.74, 6) is 1.35. The van der Waals surface area contributed by atoms with Crippen LogP contribution in [0.1, 0.15) is 32.4 Å². The second kappa shape index (κ2) is 6.21. The molecule has 0 amide bonds. The smallest absolute Gasteiger partial charge is 0.279 e. The van der Waals surface area contributed by atoms with Gasteiger partial charge in [0.25, 0.3) is 10.2 Å². The minimum atomic E-state index is -3.52. The first-order chi connectivity index (χ1) is 9.81.